The van der Waals surface area contributed by atoms with Gasteiger partial charge < -0.3 is 10.2 Å². The highest BCUT2D eigenvalue weighted by molar-refractivity contribution is 7.98. The number of thioether (sulfide) groups is 1. The summed E-state index contributed by atoms with van der Waals surface area (Å²) in [5, 5.41) is 2.83. The molecule has 0 bridgehead atoms. The Morgan fingerprint density at radius 2 is 1.96 bits per heavy atom. The predicted octanol–water partition coefficient (Wildman–Crippen LogP) is 2.14. The first-order chi connectivity index (χ1) is 13.4. The molecule has 1 amide bonds. The summed E-state index contributed by atoms with van der Waals surface area (Å²) >= 11 is 1.58. The molecule has 2 rings (SSSR count). The Balaban J connectivity index is 1.91. The lowest BCUT2D eigenvalue weighted by Crippen LogP contribution is -2.47. The zero-order valence-corrected chi connectivity index (χ0v) is 18.4. The summed E-state index contributed by atoms with van der Waals surface area (Å²) in [7, 11) is -3.44. The number of carbonyl (C=O) groups excluding carboxylic acids is 1. The number of nitrogens with zero attached hydrogens (tertiary/aromatic N) is 2. The zero-order chi connectivity index (χ0) is 20.4. The largest absolute Gasteiger partial charge is 0.357 e. The number of rotatable bonds is 10. The van der Waals surface area contributed by atoms with E-state index >= 15 is 0 Å². The Morgan fingerprint density at radius 3 is 2.54 bits per heavy atom. The van der Waals surface area contributed by atoms with Gasteiger partial charge >= 0.3 is 0 Å². The summed E-state index contributed by atoms with van der Waals surface area (Å²) in [6, 6.07) is 3.22. The SMILES string of the molecule is CCS(=O)(=O)NC(CCSC)C(=O)NCc1ccc(N2CCCCCC2)nc1. The molecule has 1 atom stereocenters. The number of sulfonamides is 1. The molecule has 7 nitrogen and oxygen atoms in total. The Morgan fingerprint density at radius 1 is 1.25 bits per heavy atom. The number of aromatic nitrogens is 1. The van der Waals surface area contributed by atoms with Crippen molar-refractivity contribution in [3.63, 3.8) is 0 Å². The van der Waals surface area contributed by atoms with E-state index < -0.39 is 16.1 Å². The molecule has 1 aromatic rings. The third-order valence-corrected chi connectivity index (χ3v) is 6.88. The van der Waals surface area contributed by atoms with Gasteiger partial charge in [-0.25, -0.2) is 18.1 Å². The highest BCUT2D eigenvalue weighted by Crippen LogP contribution is 2.17. The molecule has 1 aromatic heterocycles. The van der Waals surface area contributed by atoms with Gasteiger partial charge in [-0.15, -0.1) is 0 Å². The fraction of sp³-hybridized carbons (Fsp3) is 0.684. The van der Waals surface area contributed by atoms with Gasteiger partial charge in [0.25, 0.3) is 0 Å². The van der Waals surface area contributed by atoms with Crippen LogP contribution in [0.1, 0.15) is 44.6 Å². The van der Waals surface area contributed by atoms with Crippen LogP contribution in [0.25, 0.3) is 0 Å². The average Bonchev–Trinajstić information content (AvgIpc) is 2.99. The van der Waals surface area contributed by atoms with E-state index in [1.807, 2.05) is 18.4 Å². The third kappa shape index (κ3) is 7.60. The molecule has 9 heteroatoms. The Labute approximate surface area is 173 Å². The topological polar surface area (TPSA) is 91.4 Å². The van der Waals surface area contributed by atoms with Crippen LogP contribution in [0.3, 0.4) is 0 Å². The van der Waals surface area contributed by atoms with E-state index in [9.17, 15) is 13.2 Å². The van der Waals surface area contributed by atoms with Gasteiger partial charge in [0.05, 0.1) is 5.75 Å². The van der Waals surface area contributed by atoms with Gasteiger partial charge in [0, 0.05) is 25.8 Å². The summed E-state index contributed by atoms with van der Waals surface area (Å²) in [6.45, 7) is 3.97. The fourth-order valence-corrected chi connectivity index (χ4v) is 4.40. The van der Waals surface area contributed by atoms with Crippen molar-refractivity contribution in [3.8, 4) is 0 Å². The minimum absolute atomic E-state index is 0.0437. The molecule has 0 spiro atoms. The van der Waals surface area contributed by atoms with Gasteiger partial charge in [0.1, 0.15) is 11.9 Å². The molecule has 1 fully saturated rings. The van der Waals surface area contributed by atoms with E-state index in [1.54, 1.807) is 24.9 Å². The molecule has 0 aliphatic carbocycles. The van der Waals surface area contributed by atoms with E-state index in [0.29, 0.717) is 18.7 Å². The van der Waals surface area contributed by atoms with Crippen LogP contribution in [0, 0.1) is 0 Å². The number of nitrogens with one attached hydrogen (secondary N) is 2. The second kappa shape index (κ2) is 11.6. The van der Waals surface area contributed by atoms with E-state index in [2.05, 4.69) is 19.9 Å². The van der Waals surface area contributed by atoms with Crippen molar-refractivity contribution >= 4 is 33.5 Å². The van der Waals surface area contributed by atoms with Crippen LogP contribution < -0.4 is 14.9 Å². The molecule has 1 unspecified atom stereocenters. The van der Waals surface area contributed by atoms with Gasteiger partial charge in [0.15, 0.2) is 0 Å². The number of pyridine rings is 1. The van der Waals surface area contributed by atoms with Gasteiger partial charge in [-0.1, -0.05) is 18.9 Å². The number of amides is 1. The Kier molecular flexibility index (Phi) is 9.53. The molecule has 1 aliphatic heterocycles. The van der Waals surface area contributed by atoms with E-state index in [0.717, 1.165) is 24.5 Å². The molecule has 1 aliphatic rings. The molecule has 0 aromatic carbocycles. The second-order valence-corrected chi connectivity index (χ2v) is 10.0. The average molecular weight is 429 g/mol. The molecule has 28 heavy (non-hydrogen) atoms. The van der Waals surface area contributed by atoms with Crippen molar-refractivity contribution in [2.75, 3.05) is 35.8 Å². The maximum atomic E-state index is 12.5. The molecule has 0 saturated carbocycles. The van der Waals surface area contributed by atoms with E-state index in [1.165, 1.54) is 25.7 Å². The van der Waals surface area contributed by atoms with Crippen molar-refractivity contribution < 1.29 is 13.2 Å². The number of hydrogen-bond acceptors (Lipinski definition) is 6. The van der Waals surface area contributed by atoms with Crippen molar-refractivity contribution in [2.45, 2.75) is 51.6 Å². The lowest BCUT2D eigenvalue weighted by Gasteiger charge is -2.21. The molecule has 0 radical (unpaired) electrons. The first-order valence-electron chi connectivity index (χ1n) is 9.91. The summed E-state index contributed by atoms with van der Waals surface area (Å²) in [4.78, 5) is 19.4. The van der Waals surface area contributed by atoms with Crippen LogP contribution in [-0.2, 0) is 21.4 Å². The first-order valence-corrected chi connectivity index (χ1v) is 13.0. The van der Waals surface area contributed by atoms with Gasteiger partial charge in [-0.2, -0.15) is 11.8 Å². The minimum Gasteiger partial charge on any atom is -0.357 e. The van der Waals surface area contributed by atoms with Crippen molar-refractivity contribution in [1.82, 2.24) is 15.0 Å². The van der Waals surface area contributed by atoms with Crippen molar-refractivity contribution in [3.05, 3.63) is 23.9 Å². The first kappa shape index (κ1) is 23.0. The fourth-order valence-electron chi connectivity index (χ4n) is 3.10. The zero-order valence-electron chi connectivity index (χ0n) is 16.8. The Hall–Kier alpha value is -1.32. The van der Waals surface area contributed by atoms with Crippen LogP contribution in [-0.4, -0.2) is 56.2 Å². The van der Waals surface area contributed by atoms with Crippen molar-refractivity contribution in [1.29, 1.82) is 0 Å². The molecular formula is C19H32N4O3S2. The normalized spacial score (nSPS) is 16.4. The molecule has 1 saturated heterocycles. The maximum absolute atomic E-state index is 12.5. The maximum Gasteiger partial charge on any atom is 0.238 e. The Bertz CT molecular complexity index is 702. The van der Waals surface area contributed by atoms with Crippen LogP contribution in [0.2, 0.25) is 0 Å². The second-order valence-electron chi connectivity index (χ2n) is 7.00. The lowest BCUT2D eigenvalue weighted by molar-refractivity contribution is -0.122. The quantitative estimate of drug-likeness (QED) is 0.593. The van der Waals surface area contributed by atoms with Crippen LogP contribution in [0.15, 0.2) is 18.3 Å². The number of carbonyl (C=O) groups is 1. The monoisotopic (exact) mass is 428 g/mol. The molecule has 158 valence electrons. The lowest BCUT2D eigenvalue weighted by atomic mass is 10.2. The summed E-state index contributed by atoms with van der Waals surface area (Å²) < 4.78 is 26.2. The highest BCUT2D eigenvalue weighted by Gasteiger charge is 2.23. The third-order valence-electron chi connectivity index (χ3n) is 4.83. The van der Waals surface area contributed by atoms with Crippen LogP contribution in [0.5, 0.6) is 0 Å². The van der Waals surface area contributed by atoms with E-state index in [-0.39, 0.29) is 11.7 Å². The number of anilines is 1. The van der Waals surface area contributed by atoms with Gasteiger partial charge in [-0.3, -0.25) is 4.79 Å². The molecular weight excluding hydrogens is 396 g/mol. The predicted molar refractivity (Wildman–Crippen MR) is 116 cm³/mol. The van der Waals surface area contributed by atoms with Crippen LogP contribution in [0.4, 0.5) is 5.82 Å². The number of hydrogen-bond donors (Lipinski definition) is 2. The van der Waals surface area contributed by atoms with Crippen LogP contribution >= 0.6 is 11.8 Å². The smallest absolute Gasteiger partial charge is 0.238 e. The summed E-state index contributed by atoms with van der Waals surface area (Å²) in [6.07, 6.45) is 9.13. The van der Waals surface area contributed by atoms with E-state index in [4.69, 9.17) is 0 Å². The minimum atomic E-state index is -3.44. The molecule has 2 N–H and O–H groups in total. The summed E-state index contributed by atoms with van der Waals surface area (Å²) in [5.74, 6) is 1.34. The van der Waals surface area contributed by atoms with Gasteiger partial charge in [-0.05, 0) is 49.8 Å². The van der Waals surface area contributed by atoms with Crippen molar-refractivity contribution in [2.24, 2.45) is 0 Å². The standard InChI is InChI=1S/C19H32N4O3S2/c1-3-28(25,26)22-17(10-13-27-2)19(24)21-15-16-8-9-18(20-14-16)23-11-6-4-5-7-12-23/h8-9,14,17,22H,3-7,10-13,15H2,1-2H3,(H,21,24). The summed E-state index contributed by atoms with van der Waals surface area (Å²) in [5.41, 5.74) is 0.897. The highest BCUT2D eigenvalue weighted by atomic mass is 32.2. The van der Waals surface area contributed by atoms with Gasteiger partial charge in [0.2, 0.25) is 15.9 Å². The molecule has 2 heterocycles.